The SMILES string of the molecule is CC(C)n1cc(C(=O)O)c(-c2ccncc2)nc1=O. The number of carboxylic acid groups (broad SMARTS) is 1. The molecule has 2 heterocycles. The molecule has 0 saturated heterocycles. The minimum atomic E-state index is -1.12. The first kappa shape index (κ1) is 12.9. The molecule has 0 unspecified atom stereocenters. The summed E-state index contributed by atoms with van der Waals surface area (Å²) in [5.74, 6) is -1.12. The van der Waals surface area contributed by atoms with Gasteiger partial charge in [-0.25, -0.2) is 9.59 Å². The van der Waals surface area contributed by atoms with Crippen LogP contribution in [0.4, 0.5) is 0 Å². The molecule has 0 atom stereocenters. The first-order chi connectivity index (χ1) is 9.00. The molecule has 0 aliphatic carbocycles. The van der Waals surface area contributed by atoms with Crippen LogP contribution in [-0.4, -0.2) is 25.6 Å². The van der Waals surface area contributed by atoms with Crippen molar-refractivity contribution in [2.45, 2.75) is 19.9 Å². The lowest BCUT2D eigenvalue weighted by Gasteiger charge is -2.12. The molecular formula is C13H13N3O3. The van der Waals surface area contributed by atoms with E-state index in [4.69, 9.17) is 0 Å². The van der Waals surface area contributed by atoms with E-state index in [0.29, 0.717) is 5.56 Å². The molecule has 0 aromatic carbocycles. The monoisotopic (exact) mass is 259 g/mol. The summed E-state index contributed by atoms with van der Waals surface area (Å²) >= 11 is 0. The highest BCUT2D eigenvalue weighted by molar-refractivity contribution is 5.94. The quantitative estimate of drug-likeness (QED) is 0.904. The molecule has 2 rings (SSSR count). The Morgan fingerprint density at radius 3 is 2.47 bits per heavy atom. The maximum Gasteiger partial charge on any atom is 0.348 e. The summed E-state index contributed by atoms with van der Waals surface area (Å²) in [6, 6.07) is 3.09. The molecule has 0 aliphatic heterocycles. The van der Waals surface area contributed by atoms with E-state index in [-0.39, 0.29) is 17.3 Å². The fourth-order valence-corrected chi connectivity index (χ4v) is 1.73. The van der Waals surface area contributed by atoms with Crippen LogP contribution in [0, 0.1) is 0 Å². The average molecular weight is 259 g/mol. The van der Waals surface area contributed by atoms with Gasteiger partial charge in [0.2, 0.25) is 0 Å². The third kappa shape index (κ3) is 2.52. The molecule has 0 amide bonds. The molecule has 2 aromatic heterocycles. The topological polar surface area (TPSA) is 85.1 Å². The maximum absolute atomic E-state index is 11.9. The summed E-state index contributed by atoms with van der Waals surface area (Å²) in [7, 11) is 0. The molecule has 6 heteroatoms. The fraction of sp³-hybridized carbons (Fsp3) is 0.231. The van der Waals surface area contributed by atoms with Crippen LogP contribution in [0.1, 0.15) is 30.2 Å². The van der Waals surface area contributed by atoms with Gasteiger partial charge >= 0.3 is 11.7 Å². The summed E-state index contributed by atoms with van der Waals surface area (Å²) in [4.78, 5) is 30.9. The van der Waals surface area contributed by atoms with E-state index in [1.807, 2.05) is 0 Å². The minimum Gasteiger partial charge on any atom is -0.478 e. The van der Waals surface area contributed by atoms with Crippen molar-refractivity contribution in [3.8, 4) is 11.3 Å². The number of hydrogen-bond acceptors (Lipinski definition) is 4. The average Bonchev–Trinajstić information content (AvgIpc) is 2.38. The van der Waals surface area contributed by atoms with E-state index >= 15 is 0 Å². The van der Waals surface area contributed by atoms with Crippen LogP contribution in [-0.2, 0) is 0 Å². The van der Waals surface area contributed by atoms with Gasteiger partial charge < -0.3 is 5.11 Å². The Labute approximate surface area is 109 Å². The van der Waals surface area contributed by atoms with Gasteiger partial charge in [-0.05, 0) is 26.0 Å². The van der Waals surface area contributed by atoms with Crippen molar-refractivity contribution >= 4 is 5.97 Å². The highest BCUT2D eigenvalue weighted by atomic mass is 16.4. The molecular weight excluding hydrogens is 246 g/mol. The van der Waals surface area contributed by atoms with Crippen LogP contribution in [0.15, 0.2) is 35.5 Å². The molecule has 6 nitrogen and oxygen atoms in total. The summed E-state index contributed by atoms with van der Waals surface area (Å²) < 4.78 is 1.30. The van der Waals surface area contributed by atoms with Crippen molar-refractivity contribution < 1.29 is 9.90 Å². The molecule has 0 fully saturated rings. The number of pyridine rings is 1. The smallest absolute Gasteiger partial charge is 0.348 e. The molecule has 0 bridgehead atoms. The molecule has 98 valence electrons. The van der Waals surface area contributed by atoms with E-state index in [9.17, 15) is 14.7 Å². The predicted octanol–water partition coefficient (Wildman–Crippen LogP) is 1.58. The Balaban J connectivity index is 2.71. The minimum absolute atomic E-state index is 0.000463. The standard InChI is InChI=1S/C13H13N3O3/c1-8(2)16-7-10(12(17)18)11(15-13(16)19)9-3-5-14-6-4-9/h3-8H,1-2H3,(H,17,18). The normalized spacial score (nSPS) is 10.7. The lowest BCUT2D eigenvalue weighted by molar-refractivity contribution is 0.0696. The van der Waals surface area contributed by atoms with Crippen LogP contribution in [0.25, 0.3) is 11.3 Å². The zero-order valence-electron chi connectivity index (χ0n) is 10.6. The molecule has 0 spiro atoms. The van der Waals surface area contributed by atoms with Gasteiger partial charge in [0.05, 0.1) is 5.69 Å². The van der Waals surface area contributed by atoms with Crippen LogP contribution in [0.3, 0.4) is 0 Å². The Hall–Kier alpha value is -2.50. The molecule has 0 aliphatic rings. The van der Waals surface area contributed by atoms with Crippen molar-refractivity contribution in [3.05, 3.63) is 46.8 Å². The van der Waals surface area contributed by atoms with Crippen LogP contribution in [0.2, 0.25) is 0 Å². The molecule has 1 N–H and O–H groups in total. The van der Waals surface area contributed by atoms with E-state index < -0.39 is 11.7 Å². The van der Waals surface area contributed by atoms with Crippen LogP contribution < -0.4 is 5.69 Å². The Morgan fingerprint density at radius 2 is 1.95 bits per heavy atom. The van der Waals surface area contributed by atoms with Crippen LogP contribution >= 0.6 is 0 Å². The van der Waals surface area contributed by atoms with Crippen molar-refractivity contribution in [2.24, 2.45) is 0 Å². The van der Waals surface area contributed by atoms with Gasteiger partial charge in [0.25, 0.3) is 0 Å². The number of carbonyl (C=O) groups is 1. The number of aromatic carboxylic acids is 1. The number of hydrogen-bond donors (Lipinski definition) is 1. The second kappa shape index (κ2) is 5.01. The van der Waals surface area contributed by atoms with Gasteiger partial charge in [-0.15, -0.1) is 0 Å². The zero-order chi connectivity index (χ0) is 14.0. The van der Waals surface area contributed by atoms with Gasteiger partial charge in [-0.2, -0.15) is 4.98 Å². The lowest BCUT2D eigenvalue weighted by atomic mass is 10.1. The highest BCUT2D eigenvalue weighted by Crippen LogP contribution is 2.19. The summed E-state index contributed by atoms with van der Waals surface area (Å²) in [6.45, 7) is 3.58. The molecule has 0 saturated carbocycles. The number of rotatable bonds is 3. The fourth-order valence-electron chi connectivity index (χ4n) is 1.73. The van der Waals surface area contributed by atoms with Gasteiger partial charge in [0, 0.05) is 30.2 Å². The summed E-state index contributed by atoms with van der Waals surface area (Å²) in [5.41, 5.74) is 0.253. The third-order valence-electron chi connectivity index (χ3n) is 2.69. The Morgan fingerprint density at radius 1 is 1.32 bits per heavy atom. The zero-order valence-corrected chi connectivity index (χ0v) is 10.6. The summed E-state index contributed by atoms with van der Waals surface area (Å²) in [5, 5.41) is 9.25. The molecule has 0 radical (unpaired) electrons. The van der Waals surface area contributed by atoms with E-state index in [0.717, 1.165) is 0 Å². The second-order valence-electron chi connectivity index (χ2n) is 4.33. The van der Waals surface area contributed by atoms with Gasteiger partial charge in [-0.3, -0.25) is 9.55 Å². The number of aromatic nitrogens is 3. The largest absolute Gasteiger partial charge is 0.478 e. The third-order valence-corrected chi connectivity index (χ3v) is 2.69. The number of nitrogens with zero attached hydrogens (tertiary/aromatic N) is 3. The van der Waals surface area contributed by atoms with E-state index in [2.05, 4.69) is 9.97 Å². The van der Waals surface area contributed by atoms with Crippen molar-refractivity contribution in [2.75, 3.05) is 0 Å². The molecule has 19 heavy (non-hydrogen) atoms. The van der Waals surface area contributed by atoms with E-state index in [1.165, 1.54) is 23.2 Å². The first-order valence-corrected chi connectivity index (χ1v) is 5.77. The predicted molar refractivity (Wildman–Crippen MR) is 69.1 cm³/mol. The number of carboxylic acids is 1. The highest BCUT2D eigenvalue weighted by Gasteiger charge is 2.17. The van der Waals surface area contributed by atoms with Crippen molar-refractivity contribution in [3.63, 3.8) is 0 Å². The first-order valence-electron chi connectivity index (χ1n) is 5.77. The van der Waals surface area contributed by atoms with Crippen molar-refractivity contribution in [1.29, 1.82) is 0 Å². The Bertz CT molecular complexity index is 663. The maximum atomic E-state index is 11.9. The summed E-state index contributed by atoms with van der Waals surface area (Å²) in [6.07, 6.45) is 4.38. The Kier molecular flexibility index (Phi) is 3.41. The molecule has 2 aromatic rings. The van der Waals surface area contributed by atoms with Crippen LogP contribution in [0.5, 0.6) is 0 Å². The van der Waals surface area contributed by atoms with Crippen molar-refractivity contribution in [1.82, 2.24) is 14.5 Å². The van der Waals surface area contributed by atoms with Gasteiger partial charge in [0.1, 0.15) is 5.56 Å². The van der Waals surface area contributed by atoms with Gasteiger partial charge in [0.15, 0.2) is 0 Å². The van der Waals surface area contributed by atoms with Gasteiger partial charge in [-0.1, -0.05) is 0 Å². The lowest BCUT2D eigenvalue weighted by Crippen LogP contribution is -2.26. The van der Waals surface area contributed by atoms with E-state index in [1.54, 1.807) is 26.0 Å². The second-order valence-corrected chi connectivity index (χ2v) is 4.33.